The molecular weight excluding hydrogens is 376 g/mol. The van der Waals surface area contributed by atoms with Crippen molar-refractivity contribution < 1.29 is 22.4 Å². The molecule has 0 radical (unpaired) electrons. The van der Waals surface area contributed by atoms with Crippen LogP contribution < -0.4 is 5.32 Å². The van der Waals surface area contributed by atoms with Gasteiger partial charge in [-0.2, -0.15) is 18.3 Å². The molecule has 1 aliphatic rings. The second-order valence-electron chi connectivity index (χ2n) is 6.53. The van der Waals surface area contributed by atoms with E-state index in [9.17, 15) is 22.4 Å². The molecule has 1 fully saturated rings. The molecule has 1 heterocycles. The predicted molar refractivity (Wildman–Crippen MR) is 92.2 cm³/mol. The van der Waals surface area contributed by atoms with Gasteiger partial charge in [0.2, 0.25) is 5.91 Å². The Morgan fingerprint density at radius 3 is 2.64 bits per heavy atom. The number of hydrogen-bond acceptors (Lipinski definition) is 3. The van der Waals surface area contributed by atoms with Gasteiger partial charge in [-0.1, -0.05) is 18.2 Å². The highest BCUT2D eigenvalue weighted by Gasteiger charge is 2.47. The van der Waals surface area contributed by atoms with E-state index >= 15 is 0 Å². The summed E-state index contributed by atoms with van der Waals surface area (Å²) < 4.78 is 55.0. The molecule has 0 bridgehead atoms. The van der Waals surface area contributed by atoms with Gasteiger partial charge < -0.3 is 5.32 Å². The Morgan fingerprint density at radius 1 is 1.18 bits per heavy atom. The molecule has 1 N–H and O–H groups in total. The van der Waals surface area contributed by atoms with Gasteiger partial charge in [-0.05, 0) is 42.2 Å². The Balaban J connectivity index is 1.47. The van der Waals surface area contributed by atoms with Crippen molar-refractivity contribution in [2.75, 3.05) is 5.32 Å². The lowest BCUT2D eigenvalue weighted by atomic mass is 10.0. The average molecular weight is 390 g/mol. The lowest BCUT2D eigenvalue weighted by Crippen LogP contribution is -2.16. The predicted octanol–water partition coefficient (Wildman–Crippen LogP) is 4.17. The molecule has 1 amide bonds. The van der Waals surface area contributed by atoms with Crippen LogP contribution in [0.3, 0.4) is 0 Å². The molecule has 1 aliphatic carbocycles. The molecule has 9 heteroatoms. The highest BCUT2D eigenvalue weighted by Crippen LogP contribution is 2.51. The van der Waals surface area contributed by atoms with Crippen LogP contribution in [0.5, 0.6) is 0 Å². The van der Waals surface area contributed by atoms with Crippen LogP contribution >= 0.6 is 0 Å². The van der Waals surface area contributed by atoms with E-state index in [2.05, 4.69) is 15.4 Å². The van der Waals surface area contributed by atoms with E-state index in [0.29, 0.717) is 6.42 Å². The van der Waals surface area contributed by atoms with Crippen LogP contribution in [0.1, 0.15) is 23.5 Å². The van der Waals surface area contributed by atoms with Gasteiger partial charge in [0.15, 0.2) is 5.82 Å². The van der Waals surface area contributed by atoms with Crippen LogP contribution in [0.2, 0.25) is 0 Å². The van der Waals surface area contributed by atoms with Gasteiger partial charge in [0, 0.05) is 11.6 Å². The summed E-state index contributed by atoms with van der Waals surface area (Å²) in [4.78, 5) is 16.1. The molecule has 1 aromatic heterocycles. The number of benzene rings is 2. The van der Waals surface area contributed by atoms with Crippen LogP contribution in [0.15, 0.2) is 55.1 Å². The molecule has 5 nitrogen and oxygen atoms in total. The minimum Gasteiger partial charge on any atom is -0.326 e. The standard InChI is InChI=1S/C19H14F4N4O/c20-16-7-11(5-6-17(16)27-10-24-9-25-27)26-18(28)14-8-13(14)12-3-1-2-4-15(12)19(21,22)23/h1-7,9-10,13-14H,8H2,(H,26,28)/t13-,14+/m1/s1. The van der Waals surface area contributed by atoms with Gasteiger partial charge in [0.05, 0.1) is 5.56 Å². The van der Waals surface area contributed by atoms with Crippen molar-refractivity contribution in [3.63, 3.8) is 0 Å². The Kier molecular flexibility index (Phi) is 4.37. The fourth-order valence-electron chi connectivity index (χ4n) is 3.25. The van der Waals surface area contributed by atoms with Crippen molar-refractivity contribution in [3.05, 3.63) is 72.1 Å². The van der Waals surface area contributed by atoms with Crippen LogP contribution in [-0.2, 0) is 11.0 Å². The first-order chi connectivity index (χ1) is 13.3. The lowest BCUT2D eigenvalue weighted by Gasteiger charge is -2.12. The first kappa shape index (κ1) is 18.1. The summed E-state index contributed by atoms with van der Waals surface area (Å²) in [5.74, 6) is -2.13. The molecule has 0 saturated heterocycles. The number of alkyl halides is 3. The first-order valence-electron chi connectivity index (χ1n) is 8.46. The van der Waals surface area contributed by atoms with Crippen molar-refractivity contribution in [1.29, 1.82) is 0 Å². The third kappa shape index (κ3) is 3.47. The largest absolute Gasteiger partial charge is 0.416 e. The number of rotatable bonds is 4. The number of carbonyl (C=O) groups is 1. The smallest absolute Gasteiger partial charge is 0.326 e. The van der Waals surface area contributed by atoms with Crippen LogP contribution in [0.4, 0.5) is 23.2 Å². The summed E-state index contributed by atoms with van der Waals surface area (Å²) in [5, 5.41) is 6.40. The Hall–Kier alpha value is -3.23. The zero-order valence-corrected chi connectivity index (χ0v) is 14.3. The molecule has 0 aliphatic heterocycles. The number of halogens is 4. The summed E-state index contributed by atoms with van der Waals surface area (Å²) in [6.07, 6.45) is -1.55. The fourth-order valence-corrected chi connectivity index (χ4v) is 3.25. The number of hydrogen-bond donors (Lipinski definition) is 1. The monoisotopic (exact) mass is 390 g/mol. The minimum absolute atomic E-state index is 0.114. The molecule has 0 unspecified atom stereocenters. The van der Waals surface area contributed by atoms with E-state index in [1.807, 2.05) is 0 Å². The second kappa shape index (κ2) is 6.74. The number of nitrogens with one attached hydrogen (secondary N) is 1. The van der Waals surface area contributed by atoms with Gasteiger partial charge in [0.1, 0.15) is 18.3 Å². The van der Waals surface area contributed by atoms with Gasteiger partial charge in [-0.25, -0.2) is 14.1 Å². The normalized spacial score (nSPS) is 18.7. The maximum Gasteiger partial charge on any atom is 0.416 e. The van der Waals surface area contributed by atoms with Gasteiger partial charge >= 0.3 is 6.18 Å². The van der Waals surface area contributed by atoms with Crippen molar-refractivity contribution >= 4 is 11.6 Å². The van der Waals surface area contributed by atoms with Crippen LogP contribution in [0.25, 0.3) is 5.69 Å². The van der Waals surface area contributed by atoms with Gasteiger partial charge in [-0.3, -0.25) is 4.79 Å². The summed E-state index contributed by atoms with van der Waals surface area (Å²) in [6, 6.07) is 9.32. The molecule has 2 aromatic carbocycles. The van der Waals surface area contributed by atoms with Crippen LogP contribution in [0, 0.1) is 11.7 Å². The molecule has 28 heavy (non-hydrogen) atoms. The molecule has 144 valence electrons. The highest BCUT2D eigenvalue weighted by molar-refractivity contribution is 5.95. The van der Waals surface area contributed by atoms with Crippen molar-refractivity contribution in [2.45, 2.75) is 18.5 Å². The highest BCUT2D eigenvalue weighted by atomic mass is 19.4. The van der Waals surface area contributed by atoms with Crippen molar-refractivity contribution in [2.24, 2.45) is 5.92 Å². The van der Waals surface area contributed by atoms with E-state index in [4.69, 9.17) is 0 Å². The van der Waals surface area contributed by atoms with Gasteiger partial charge in [-0.15, -0.1) is 0 Å². The summed E-state index contributed by atoms with van der Waals surface area (Å²) in [5.41, 5.74) is -0.221. The number of amides is 1. The topological polar surface area (TPSA) is 59.8 Å². The summed E-state index contributed by atoms with van der Waals surface area (Å²) in [6.45, 7) is 0. The Bertz CT molecular complexity index is 1020. The van der Waals surface area contributed by atoms with Crippen molar-refractivity contribution in [3.8, 4) is 5.69 Å². The Labute approximate surface area is 157 Å². The third-order valence-corrected chi connectivity index (χ3v) is 4.67. The molecule has 1 saturated carbocycles. The number of nitrogens with zero attached hydrogens (tertiary/aromatic N) is 3. The number of anilines is 1. The van der Waals surface area contributed by atoms with E-state index in [-0.39, 0.29) is 16.9 Å². The fraction of sp³-hybridized carbons (Fsp3) is 0.211. The SMILES string of the molecule is O=C(Nc1ccc(-n2cncn2)c(F)c1)[C@H]1C[C@@H]1c1ccccc1C(F)(F)F. The van der Waals surface area contributed by atoms with Gasteiger partial charge in [0.25, 0.3) is 0 Å². The zero-order chi connectivity index (χ0) is 19.9. The zero-order valence-electron chi connectivity index (χ0n) is 14.3. The van der Waals surface area contributed by atoms with E-state index in [1.54, 1.807) is 0 Å². The maximum absolute atomic E-state index is 14.2. The third-order valence-electron chi connectivity index (χ3n) is 4.67. The second-order valence-corrected chi connectivity index (χ2v) is 6.53. The van der Waals surface area contributed by atoms with E-state index in [1.165, 1.54) is 47.7 Å². The average Bonchev–Trinajstić information content (AvgIpc) is 3.27. The summed E-state index contributed by atoms with van der Waals surface area (Å²) >= 11 is 0. The molecular formula is C19H14F4N4O. The molecule has 0 spiro atoms. The number of carbonyl (C=O) groups excluding carboxylic acids is 1. The molecule has 4 rings (SSSR count). The molecule has 3 aromatic rings. The summed E-state index contributed by atoms with van der Waals surface area (Å²) in [7, 11) is 0. The van der Waals surface area contributed by atoms with Crippen molar-refractivity contribution in [1.82, 2.24) is 14.8 Å². The Morgan fingerprint density at radius 2 is 1.96 bits per heavy atom. The quantitative estimate of drug-likeness (QED) is 0.681. The maximum atomic E-state index is 14.2. The first-order valence-corrected chi connectivity index (χ1v) is 8.46. The molecule has 2 atom stereocenters. The van der Waals surface area contributed by atoms with Crippen LogP contribution in [-0.4, -0.2) is 20.7 Å². The number of aromatic nitrogens is 3. The van der Waals surface area contributed by atoms with E-state index in [0.717, 1.165) is 12.1 Å². The van der Waals surface area contributed by atoms with E-state index < -0.39 is 35.3 Å². The lowest BCUT2D eigenvalue weighted by molar-refractivity contribution is -0.138. The minimum atomic E-state index is -4.47.